The van der Waals surface area contributed by atoms with Gasteiger partial charge in [0.1, 0.15) is 0 Å². The average Bonchev–Trinajstić information content (AvgIpc) is 2.67. The number of hydrogen-bond acceptors (Lipinski definition) is 9. The number of rotatable bonds is 15. The molecule has 10 nitrogen and oxygen atoms in total. The standard InChI is InChI=1S/C20H34O8.C2H3O2/c1-5-8-11-25-17(22)14-20(28-16(4)21,19(24)27-13-10-7-3)15-18(23)26-12-9-6-2;1-2(3)4/h5-15H2,1-4H3;1H2,(H,3,4). The highest BCUT2D eigenvalue weighted by Gasteiger charge is 2.48. The molecule has 0 saturated carbocycles. The Labute approximate surface area is 189 Å². The van der Waals surface area contributed by atoms with E-state index in [2.05, 4.69) is 6.92 Å². The van der Waals surface area contributed by atoms with Crippen LogP contribution in [0.1, 0.15) is 79.1 Å². The summed E-state index contributed by atoms with van der Waals surface area (Å²) in [5, 5.41) is 7.31. The van der Waals surface area contributed by atoms with E-state index in [1.54, 1.807) is 0 Å². The Morgan fingerprint density at radius 2 is 1.09 bits per heavy atom. The molecule has 0 saturated heterocycles. The fraction of sp³-hybridized carbons (Fsp3) is 0.727. The molecule has 0 bridgehead atoms. The first-order chi connectivity index (χ1) is 15.0. The molecule has 0 unspecified atom stereocenters. The van der Waals surface area contributed by atoms with Crippen molar-refractivity contribution in [3.8, 4) is 0 Å². The highest BCUT2D eigenvalue weighted by molar-refractivity contribution is 5.92. The van der Waals surface area contributed by atoms with Crippen molar-refractivity contribution < 1.29 is 48.0 Å². The number of carboxylic acids is 1. The van der Waals surface area contributed by atoms with E-state index in [0.29, 0.717) is 19.3 Å². The molecule has 0 aliphatic carbocycles. The second-order valence-electron chi connectivity index (χ2n) is 6.97. The third-order valence-electron chi connectivity index (χ3n) is 3.82. The van der Waals surface area contributed by atoms with Crippen molar-refractivity contribution in [2.45, 2.75) is 84.7 Å². The van der Waals surface area contributed by atoms with Crippen LogP contribution in [0.25, 0.3) is 0 Å². The smallest absolute Gasteiger partial charge is 0.351 e. The summed E-state index contributed by atoms with van der Waals surface area (Å²) in [6, 6.07) is 0. The number of aliphatic carboxylic acids is 1. The molecule has 0 spiro atoms. The number of carboxylic acid groups (broad SMARTS) is 1. The lowest BCUT2D eigenvalue weighted by Gasteiger charge is -2.29. The summed E-state index contributed by atoms with van der Waals surface area (Å²) in [7, 11) is 0. The van der Waals surface area contributed by atoms with Crippen LogP contribution in [-0.2, 0) is 42.9 Å². The molecule has 0 heterocycles. The van der Waals surface area contributed by atoms with Crippen LogP contribution in [0.3, 0.4) is 0 Å². The molecule has 0 atom stereocenters. The maximum Gasteiger partial charge on any atom is 0.351 e. The Kier molecular flexibility index (Phi) is 18.8. The summed E-state index contributed by atoms with van der Waals surface area (Å²) in [6.45, 7) is 9.90. The molecule has 185 valence electrons. The van der Waals surface area contributed by atoms with Gasteiger partial charge in [-0.3, -0.25) is 19.2 Å². The molecule has 0 amide bonds. The Balaban J connectivity index is 0. The van der Waals surface area contributed by atoms with E-state index in [9.17, 15) is 19.2 Å². The zero-order valence-electron chi connectivity index (χ0n) is 19.6. The molecule has 32 heavy (non-hydrogen) atoms. The molecule has 0 aromatic carbocycles. The number of carbonyl (C=O) groups excluding carboxylic acids is 4. The highest BCUT2D eigenvalue weighted by Crippen LogP contribution is 2.26. The van der Waals surface area contributed by atoms with E-state index in [1.807, 2.05) is 20.8 Å². The summed E-state index contributed by atoms with van der Waals surface area (Å²) in [4.78, 5) is 57.7. The van der Waals surface area contributed by atoms with Gasteiger partial charge in [-0.1, -0.05) is 40.0 Å². The minimum absolute atomic E-state index is 0.0914. The van der Waals surface area contributed by atoms with Crippen LogP contribution in [0.2, 0.25) is 0 Å². The van der Waals surface area contributed by atoms with Gasteiger partial charge in [0.05, 0.1) is 39.6 Å². The van der Waals surface area contributed by atoms with E-state index in [4.69, 9.17) is 28.8 Å². The molecular formula is C22H37O10. The van der Waals surface area contributed by atoms with Crippen molar-refractivity contribution in [2.75, 3.05) is 19.8 Å². The lowest BCUT2D eigenvalue weighted by Crippen LogP contribution is -2.48. The molecule has 0 rings (SSSR count). The van der Waals surface area contributed by atoms with Crippen molar-refractivity contribution in [3.05, 3.63) is 6.92 Å². The normalized spacial score (nSPS) is 10.3. The van der Waals surface area contributed by atoms with Crippen molar-refractivity contribution in [1.82, 2.24) is 0 Å². The lowest BCUT2D eigenvalue weighted by molar-refractivity contribution is -0.190. The van der Waals surface area contributed by atoms with E-state index >= 15 is 0 Å². The maximum atomic E-state index is 12.7. The van der Waals surface area contributed by atoms with Crippen molar-refractivity contribution in [1.29, 1.82) is 0 Å². The van der Waals surface area contributed by atoms with Crippen LogP contribution in [0.4, 0.5) is 0 Å². The first-order valence-electron chi connectivity index (χ1n) is 10.8. The lowest BCUT2D eigenvalue weighted by atomic mass is 9.95. The van der Waals surface area contributed by atoms with Gasteiger partial charge in [0.15, 0.2) is 0 Å². The minimum atomic E-state index is -2.09. The number of hydrogen-bond donors (Lipinski definition) is 1. The summed E-state index contributed by atoms with van der Waals surface area (Å²) in [5.74, 6) is -4.34. The fourth-order valence-corrected chi connectivity index (χ4v) is 2.27. The van der Waals surface area contributed by atoms with Gasteiger partial charge in [0.25, 0.3) is 0 Å². The van der Waals surface area contributed by atoms with Crippen LogP contribution < -0.4 is 0 Å². The summed E-state index contributed by atoms with van der Waals surface area (Å²) in [6.07, 6.45) is 3.14. The van der Waals surface area contributed by atoms with Gasteiger partial charge in [-0.05, 0) is 19.3 Å². The molecule has 1 N–H and O–H groups in total. The first-order valence-corrected chi connectivity index (χ1v) is 10.8. The van der Waals surface area contributed by atoms with E-state index in [1.165, 1.54) is 0 Å². The van der Waals surface area contributed by atoms with Gasteiger partial charge in [-0.15, -0.1) is 0 Å². The molecule has 1 radical (unpaired) electrons. The SMILES string of the molecule is CCCCOC(=O)CC(CC(=O)OCCCC)(OC(C)=O)C(=O)OCCCC.[CH2]C(=O)O. The Morgan fingerprint density at radius 3 is 1.41 bits per heavy atom. The van der Waals surface area contributed by atoms with Crippen molar-refractivity contribution in [3.63, 3.8) is 0 Å². The summed E-state index contributed by atoms with van der Waals surface area (Å²) >= 11 is 0. The van der Waals surface area contributed by atoms with Gasteiger partial charge in [0.2, 0.25) is 5.60 Å². The zero-order chi connectivity index (χ0) is 25.0. The van der Waals surface area contributed by atoms with Gasteiger partial charge in [-0.25, -0.2) is 4.79 Å². The Morgan fingerprint density at radius 1 is 0.750 bits per heavy atom. The number of carbonyl (C=O) groups is 5. The fourth-order valence-electron chi connectivity index (χ4n) is 2.27. The number of unbranched alkanes of at least 4 members (excludes halogenated alkanes) is 3. The van der Waals surface area contributed by atoms with Gasteiger partial charge in [-0.2, -0.15) is 0 Å². The van der Waals surface area contributed by atoms with E-state index in [0.717, 1.165) is 26.2 Å². The quantitative estimate of drug-likeness (QED) is 0.220. The number of esters is 4. The third-order valence-corrected chi connectivity index (χ3v) is 3.82. The molecule has 10 heteroatoms. The second kappa shape index (κ2) is 19.1. The van der Waals surface area contributed by atoms with Crippen LogP contribution in [-0.4, -0.2) is 60.4 Å². The average molecular weight is 462 g/mol. The van der Waals surface area contributed by atoms with E-state index < -0.39 is 48.3 Å². The third kappa shape index (κ3) is 17.1. The van der Waals surface area contributed by atoms with Crippen LogP contribution >= 0.6 is 0 Å². The van der Waals surface area contributed by atoms with Crippen molar-refractivity contribution in [2.24, 2.45) is 0 Å². The van der Waals surface area contributed by atoms with Gasteiger partial charge >= 0.3 is 29.8 Å². The summed E-state index contributed by atoms with van der Waals surface area (Å²) < 4.78 is 20.5. The predicted octanol–water partition coefficient (Wildman–Crippen LogP) is 3.00. The van der Waals surface area contributed by atoms with Crippen LogP contribution in [0.5, 0.6) is 0 Å². The molecule has 0 aromatic heterocycles. The maximum absolute atomic E-state index is 12.7. The number of ether oxygens (including phenoxy) is 4. The Hall–Kier alpha value is -2.65. The largest absolute Gasteiger partial charge is 0.481 e. The first kappa shape index (κ1) is 31.5. The minimum Gasteiger partial charge on any atom is -0.481 e. The monoisotopic (exact) mass is 461 g/mol. The molecule has 0 aliphatic rings. The molecule has 0 aromatic rings. The van der Waals surface area contributed by atoms with Crippen LogP contribution in [0, 0.1) is 6.92 Å². The predicted molar refractivity (Wildman–Crippen MR) is 114 cm³/mol. The van der Waals surface area contributed by atoms with Crippen LogP contribution in [0.15, 0.2) is 0 Å². The molecular weight excluding hydrogens is 424 g/mol. The highest BCUT2D eigenvalue weighted by atomic mass is 16.6. The van der Waals surface area contributed by atoms with Gasteiger partial charge in [0, 0.05) is 6.92 Å². The topological polar surface area (TPSA) is 142 Å². The zero-order valence-corrected chi connectivity index (χ0v) is 19.6. The second-order valence-corrected chi connectivity index (χ2v) is 6.97. The summed E-state index contributed by atoms with van der Waals surface area (Å²) in [5.41, 5.74) is -2.09. The Bertz CT molecular complexity index is 557. The van der Waals surface area contributed by atoms with Gasteiger partial charge < -0.3 is 24.1 Å². The van der Waals surface area contributed by atoms with Crippen molar-refractivity contribution >= 4 is 29.8 Å². The molecule has 0 aliphatic heterocycles. The van der Waals surface area contributed by atoms with E-state index in [-0.39, 0.29) is 19.8 Å². The molecule has 0 fully saturated rings.